The molecule has 0 saturated heterocycles. The third kappa shape index (κ3) is 2.50. The number of hydrogen-bond acceptors (Lipinski definition) is 6. The van der Waals surface area contributed by atoms with E-state index in [-0.39, 0.29) is 15.8 Å². The molecule has 1 amide bonds. The molecule has 24 heavy (non-hydrogen) atoms. The van der Waals surface area contributed by atoms with Crippen molar-refractivity contribution in [3.63, 3.8) is 0 Å². The Labute approximate surface area is 135 Å². The van der Waals surface area contributed by atoms with Crippen molar-refractivity contribution < 1.29 is 19.8 Å². The fourth-order valence-corrected chi connectivity index (χ4v) is 2.29. The molecule has 0 fully saturated rings. The minimum atomic E-state index is -1.07. The van der Waals surface area contributed by atoms with Gasteiger partial charge in [0.25, 0.3) is 5.91 Å². The van der Waals surface area contributed by atoms with Crippen molar-refractivity contribution in [3.8, 4) is 11.5 Å². The maximum absolute atomic E-state index is 12.4. The second kappa shape index (κ2) is 5.92. The molecule has 1 aromatic carbocycles. The van der Waals surface area contributed by atoms with Crippen LogP contribution in [0.1, 0.15) is 10.4 Å². The molecule has 0 atom stereocenters. The summed E-state index contributed by atoms with van der Waals surface area (Å²) in [5.41, 5.74) is -1.42. The molecule has 0 aliphatic carbocycles. The van der Waals surface area contributed by atoms with Gasteiger partial charge in [-0.2, -0.15) is 0 Å². The summed E-state index contributed by atoms with van der Waals surface area (Å²) in [6.45, 7) is 0. The maximum atomic E-state index is 12.4. The number of carbonyl (C=O) groups is 1. The molecule has 0 unspecified atom stereocenters. The molecule has 122 valence electrons. The lowest BCUT2D eigenvalue weighted by atomic mass is 10.1. The van der Waals surface area contributed by atoms with E-state index in [1.807, 2.05) is 0 Å². The first-order chi connectivity index (χ1) is 11.5. The van der Waals surface area contributed by atoms with Gasteiger partial charge in [0.05, 0.1) is 12.5 Å². The summed E-state index contributed by atoms with van der Waals surface area (Å²) in [6, 6.07) is 9.44. The summed E-state index contributed by atoms with van der Waals surface area (Å²) >= 11 is 0. The summed E-state index contributed by atoms with van der Waals surface area (Å²) in [7, 11) is 1.48. The van der Waals surface area contributed by atoms with E-state index in [1.54, 1.807) is 24.3 Å². The lowest BCUT2D eigenvalue weighted by Crippen LogP contribution is -2.29. The number of pyridine rings is 2. The highest BCUT2D eigenvalue weighted by atomic mass is 16.5. The van der Waals surface area contributed by atoms with Gasteiger partial charge in [-0.25, -0.2) is 4.98 Å². The number of carbonyl (C=O) groups excluding carboxylic acids is 1. The first-order valence-electron chi connectivity index (χ1n) is 6.90. The number of hydrogen-bond donors (Lipinski definition) is 3. The van der Waals surface area contributed by atoms with Crippen LogP contribution in [0.3, 0.4) is 0 Å². The number of nitrogens with zero attached hydrogens (tertiary/aromatic N) is 2. The van der Waals surface area contributed by atoms with Crippen molar-refractivity contribution in [3.05, 3.63) is 58.5 Å². The van der Waals surface area contributed by atoms with Crippen LogP contribution in [0.5, 0.6) is 11.5 Å². The van der Waals surface area contributed by atoms with Gasteiger partial charge in [0.2, 0.25) is 0 Å². The number of ether oxygens (including phenoxy) is 1. The Balaban J connectivity index is 2.08. The summed E-state index contributed by atoms with van der Waals surface area (Å²) in [5.74, 6) is -0.896. The number of aromatic nitrogens is 2. The molecule has 3 aromatic rings. The number of aromatic hydroxyl groups is 1. The third-order valence-corrected chi connectivity index (χ3v) is 3.44. The van der Waals surface area contributed by atoms with Crippen molar-refractivity contribution in [2.75, 3.05) is 12.4 Å². The Hall–Kier alpha value is -3.55. The maximum Gasteiger partial charge on any atom is 0.301 e. The second-order valence-electron chi connectivity index (χ2n) is 4.90. The van der Waals surface area contributed by atoms with Crippen LogP contribution in [-0.4, -0.2) is 33.0 Å². The first-order valence-corrected chi connectivity index (χ1v) is 6.90. The van der Waals surface area contributed by atoms with Gasteiger partial charge in [0.1, 0.15) is 11.5 Å². The van der Waals surface area contributed by atoms with Crippen LogP contribution in [-0.2, 0) is 0 Å². The molecule has 0 aliphatic rings. The van der Waals surface area contributed by atoms with Crippen molar-refractivity contribution >= 4 is 22.6 Å². The van der Waals surface area contributed by atoms with Crippen molar-refractivity contribution in [2.45, 2.75) is 0 Å². The second-order valence-corrected chi connectivity index (χ2v) is 4.90. The van der Waals surface area contributed by atoms with Crippen LogP contribution in [0.4, 0.5) is 5.69 Å². The minimum Gasteiger partial charge on any atom is -0.506 e. The van der Waals surface area contributed by atoms with E-state index in [9.17, 15) is 19.9 Å². The van der Waals surface area contributed by atoms with Gasteiger partial charge in [0, 0.05) is 18.0 Å². The third-order valence-electron chi connectivity index (χ3n) is 3.44. The highest BCUT2D eigenvalue weighted by Crippen LogP contribution is 2.25. The fraction of sp³-hybridized carbons (Fsp3) is 0.0625. The molecule has 2 heterocycles. The highest BCUT2D eigenvalue weighted by Gasteiger charge is 2.23. The van der Waals surface area contributed by atoms with E-state index in [0.29, 0.717) is 11.4 Å². The van der Waals surface area contributed by atoms with E-state index in [1.165, 1.54) is 25.4 Å². The van der Waals surface area contributed by atoms with Crippen LogP contribution >= 0.6 is 0 Å². The summed E-state index contributed by atoms with van der Waals surface area (Å²) < 4.78 is 5.28. The van der Waals surface area contributed by atoms with E-state index in [2.05, 4.69) is 10.3 Å². The number of rotatable bonds is 3. The summed E-state index contributed by atoms with van der Waals surface area (Å²) in [4.78, 5) is 28.4. The lowest BCUT2D eigenvalue weighted by Gasteiger charge is -2.10. The number of methoxy groups -OCH3 is 1. The smallest absolute Gasteiger partial charge is 0.301 e. The van der Waals surface area contributed by atoms with Crippen LogP contribution in [0.2, 0.25) is 0 Å². The number of amides is 1. The number of fused-ring (bicyclic) bond motifs is 1. The number of anilines is 1. The van der Waals surface area contributed by atoms with Crippen LogP contribution < -0.4 is 15.6 Å². The zero-order valence-electron chi connectivity index (χ0n) is 12.6. The molecule has 3 rings (SSSR count). The van der Waals surface area contributed by atoms with Gasteiger partial charge >= 0.3 is 5.56 Å². The highest BCUT2D eigenvalue weighted by molar-refractivity contribution is 6.08. The molecule has 8 nitrogen and oxygen atoms in total. The summed E-state index contributed by atoms with van der Waals surface area (Å²) in [6.07, 6.45) is 1.35. The van der Waals surface area contributed by atoms with E-state index in [0.717, 1.165) is 0 Å². The predicted molar refractivity (Wildman–Crippen MR) is 85.8 cm³/mol. The fourth-order valence-electron chi connectivity index (χ4n) is 2.29. The normalized spacial score (nSPS) is 10.5. The van der Waals surface area contributed by atoms with Crippen molar-refractivity contribution in [2.24, 2.45) is 0 Å². The topological polar surface area (TPSA) is 114 Å². The average molecular weight is 327 g/mol. The zero-order chi connectivity index (χ0) is 17.3. The largest absolute Gasteiger partial charge is 0.506 e. The molecule has 0 spiro atoms. The Bertz CT molecular complexity index is 997. The standard InChI is InChI=1S/C16H13N3O5/c1-24-10-5-2-4-9(8-10)18-15(21)12-13(20)11-6-3-7-17-14(11)19(23)16(12)22/h2-8,20,23H,1H3,(H,18,21). The monoisotopic (exact) mass is 327 g/mol. The molecule has 2 aromatic heterocycles. The minimum absolute atomic E-state index is 0.0791. The first kappa shape index (κ1) is 15.3. The van der Waals surface area contributed by atoms with Gasteiger partial charge in [-0.05, 0) is 24.3 Å². The molecule has 0 saturated carbocycles. The summed E-state index contributed by atoms with van der Waals surface area (Å²) in [5, 5.41) is 22.7. The molecule has 3 N–H and O–H groups in total. The van der Waals surface area contributed by atoms with E-state index in [4.69, 9.17) is 4.74 Å². The van der Waals surface area contributed by atoms with Crippen LogP contribution in [0.25, 0.3) is 11.0 Å². The quantitative estimate of drug-likeness (QED) is 0.630. The average Bonchev–Trinajstić information content (AvgIpc) is 2.60. The molecule has 0 bridgehead atoms. The van der Waals surface area contributed by atoms with Gasteiger partial charge < -0.3 is 20.4 Å². The Morgan fingerprint density at radius 2 is 2.08 bits per heavy atom. The number of nitrogens with one attached hydrogen (secondary N) is 1. The molecular weight excluding hydrogens is 314 g/mol. The van der Waals surface area contributed by atoms with Crippen molar-refractivity contribution in [1.29, 1.82) is 0 Å². The Kier molecular flexibility index (Phi) is 3.78. The van der Waals surface area contributed by atoms with E-state index >= 15 is 0 Å². The zero-order valence-corrected chi connectivity index (χ0v) is 12.6. The molecule has 0 aliphatic heterocycles. The Morgan fingerprint density at radius 1 is 1.29 bits per heavy atom. The van der Waals surface area contributed by atoms with Gasteiger partial charge in [-0.3, -0.25) is 9.59 Å². The van der Waals surface area contributed by atoms with Crippen molar-refractivity contribution in [1.82, 2.24) is 9.71 Å². The lowest BCUT2D eigenvalue weighted by molar-refractivity contribution is 0.101. The SMILES string of the molecule is COc1cccc(NC(=O)c2c(O)c3cccnc3n(O)c2=O)c1. The molecular formula is C16H13N3O5. The molecule has 0 radical (unpaired) electrons. The predicted octanol–water partition coefficient (Wildman–Crippen LogP) is 1.60. The Morgan fingerprint density at radius 3 is 2.83 bits per heavy atom. The van der Waals surface area contributed by atoms with Crippen LogP contribution in [0, 0.1) is 0 Å². The van der Waals surface area contributed by atoms with E-state index < -0.39 is 22.8 Å². The van der Waals surface area contributed by atoms with Gasteiger partial charge in [0.15, 0.2) is 11.2 Å². The van der Waals surface area contributed by atoms with Gasteiger partial charge in [-0.15, -0.1) is 4.73 Å². The van der Waals surface area contributed by atoms with Crippen LogP contribution in [0.15, 0.2) is 47.4 Å². The van der Waals surface area contributed by atoms with Gasteiger partial charge in [-0.1, -0.05) is 6.07 Å². The number of benzene rings is 1. The molecule has 8 heteroatoms.